The van der Waals surface area contributed by atoms with Gasteiger partial charge in [0.2, 0.25) is 0 Å². The van der Waals surface area contributed by atoms with Gasteiger partial charge in [-0.2, -0.15) is 0 Å². The van der Waals surface area contributed by atoms with Crippen molar-refractivity contribution in [1.82, 2.24) is 0 Å². The molecule has 1 heteroatoms. The predicted octanol–water partition coefficient (Wildman–Crippen LogP) is 2.83. The molecule has 0 saturated heterocycles. The first-order chi connectivity index (χ1) is 4.90. The first-order valence-corrected chi connectivity index (χ1v) is 4.58. The fourth-order valence-corrected chi connectivity index (χ4v) is 1.52. The van der Waals surface area contributed by atoms with E-state index in [9.17, 15) is 5.11 Å². The quantitative estimate of drug-likeness (QED) is 0.667. The average molecular weight is 158 g/mol. The number of rotatable bonds is 4. The van der Waals surface area contributed by atoms with Crippen molar-refractivity contribution < 1.29 is 5.11 Å². The second-order valence-electron chi connectivity index (χ2n) is 4.35. The molecular weight excluding hydrogens is 136 g/mol. The highest BCUT2D eigenvalue weighted by Crippen LogP contribution is 2.33. The highest BCUT2D eigenvalue weighted by atomic mass is 16.3. The summed E-state index contributed by atoms with van der Waals surface area (Å²) in [6, 6.07) is 0. The summed E-state index contributed by atoms with van der Waals surface area (Å²) in [4.78, 5) is 0. The molecule has 0 spiro atoms. The highest BCUT2D eigenvalue weighted by molar-refractivity contribution is 4.76. The van der Waals surface area contributed by atoms with Crippen LogP contribution in [0.2, 0.25) is 0 Å². The maximum Gasteiger partial charge on any atom is 0.0517 e. The van der Waals surface area contributed by atoms with Gasteiger partial charge < -0.3 is 5.11 Å². The molecule has 0 amide bonds. The van der Waals surface area contributed by atoms with Gasteiger partial charge in [-0.3, -0.25) is 0 Å². The van der Waals surface area contributed by atoms with Crippen LogP contribution in [0.1, 0.15) is 47.5 Å². The van der Waals surface area contributed by atoms with Gasteiger partial charge in [-0.25, -0.2) is 0 Å². The Morgan fingerprint density at radius 2 is 1.73 bits per heavy atom. The third-order valence-electron chi connectivity index (χ3n) is 2.77. The van der Waals surface area contributed by atoms with Gasteiger partial charge in [0, 0.05) is 0 Å². The van der Waals surface area contributed by atoms with Crippen LogP contribution in [0.5, 0.6) is 0 Å². The van der Waals surface area contributed by atoms with Crippen molar-refractivity contribution in [3.63, 3.8) is 0 Å². The third-order valence-corrected chi connectivity index (χ3v) is 2.77. The van der Waals surface area contributed by atoms with Crippen molar-refractivity contribution in [2.24, 2.45) is 11.3 Å². The zero-order valence-electron chi connectivity index (χ0n) is 8.52. The van der Waals surface area contributed by atoms with Gasteiger partial charge in [-0.05, 0) is 24.7 Å². The van der Waals surface area contributed by atoms with Gasteiger partial charge in [-0.15, -0.1) is 0 Å². The number of aliphatic hydroxyl groups is 1. The van der Waals surface area contributed by atoms with Crippen molar-refractivity contribution in [2.75, 3.05) is 0 Å². The Morgan fingerprint density at radius 1 is 1.27 bits per heavy atom. The van der Waals surface area contributed by atoms with Crippen molar-refractivity contribution in [3.05, 3.63) is 0 Å². The Kier molecular flexibility index (Phi) is 4.09. The minimum atomic E-state index is -0.168. The average Bonchev–Trinajstić information content (AvgIpc) is 1.83. The molecule has 0 aromatic carbocycles. The first kappa shape index (κ1) is 11.0. The van der Waals surface area contributed by atoms with E-state index >= 15 is 0 Å². The molecule has 0 aliphatic carbocycles. The molecule has 1 nitrogen and oxygen atoms in total. The molecule has 1 N–H and O–H groups in total. The van der Waals surface area contributed by atoms with Crippen LogP contribution in [-0.2, 0) is 0 Å². The summed E-state index contributed by atoms with van der Waals surface area (Å²) in [5.74, 6) is 0.692. The lowest BCUT2D eigenvalue weighted by Gasteiger charge is -2.32. The van der Waals surface area contributed by atoms with Crippen LogP contribution in [-0.4, -0.2) is 11.2 Å². The van der Waals surface area contributed by atoms with E-state index in [-0.39, 0.29) is 11.5 Å². The van der Waals surface area contributed by atoms with E-state index in [0.29, 0.717) is 5.92 Å². The molecule has 0 aliphatic heterocycles. The number of hydrogen-bond donors (Lipinski definition) is 1. The Bertz CT molecular complexity index is 105. The van der Waals surface area contributed by atoms with E-state index in [1.165, 1.54) is 6.42 Å². The molecule has 2 atom stereocenters. The lowest BCUT2D eigenvalue weighted by molar-refractivity contribution is 0.0946. The zero-order chi connectivity index (χ0) is 9.07. The van der Waals surface area contributed by atoms with Gasteiger partial charge in [0.15, 0.2) is 0 Å². The molecule has 0 aliphatic rings. The minimum Gasteiger partial charge on any atom is -0.393 e. The maximum atomic E-state index is 9.23. The molecule has 68 valence electrons. The lowest BCUT2D eigenvalue weighted by atomic mass is 9.75. The fraction of sp³-hybridized carbons (Fsp3) is 1.00. The summed E-state index contributed by atoms with van der Waals surface area (Å²) in [6.07, 6.45) is 1.93. The van der Waals surface area contributed by atoms with E-state index in [1.54, 1.807) is 0 Å². The van der Waals surface area contributed by atoms with Crippen LogP contribution in [0.3, 0.4) is 0 Å². The van der Waals surface area contributed by atoms with Crippen LogP contribution < -0.4 is 0 Å². The molecule has 0 radical (unpaired) electrons. The Morgan fingerprint density at radius 3 is 2.00 bits per heavy atom. The summed E-state index contributed by atoms with van der Waals surface area (Å²) in [7, 11) is 0. The topological polar surface area (TPSA) is 20.2 Å². The zero-order valence-corrected chi connectivity index (χ0v) is 8.52. The normalized spacial score (nSPS) is 18.0. The summed E-state index contributed by atoms with van der Waals surface area (Å²) < 4.78 is 0. The number of hydrogen-bond acceptors (Lipinski definition) is 1. The predicted molar refractivity (Wildman–Crippen MR) is 49.5 cm³/mol. The van der Waals surface area contributed by atoms with Crippen LogP contribution in [0.15, 0.2) is 0 Å². The van der Waals surface area contributed by atoms with Gasteiger partial charge >= 0.3 is 0 Å². The standard InChI is InChI=1S/C10H22O/c1-6-8(2)10(4,5)7-9(3)11/h8-9,11H,6-7H2,1-5H3. The Balaban J connectivity index is 3.98. The molecule has 0 aromatic heterocycles. The summed E-state index contributed by atoms with van der Waals surface area (Å²) in [6.45, 7) is 10.8. The summed E-state index contributed by atoms with van der Waals surface area (Å²) in [5.41, 5.74) is 0.281. The van der Waals surface area contributed by atoms with Gasteiger partial charge in [0.05, 0.1) is 6.10 Å². The molecule has 0 rings (SSSR count). The smallest absolute Gasteiger partial charge is 0.0517 e. The molecule has 11 heavy (non-hydrogen) atoms. The van der Waals surface area contributed by atoms with Crippen molar-refractivity contribution >= 4 is 0 Å². The molecule has 0 aromatic rings. The van der Waals surface area contributed by atoms with Crippen LogP contribution in [0.4, 0.5) is 0 Å². The highest BCUT2D eigenvalue weighted by Gasteiger charge is 2.25. The second kappa shape index (κ2) is 4.10. The molecule has 2 unspecified atom stereocenters. The van der Waals surface area contributed by atoms with Crippen molar-refractivity contribution in [2.45, 2.75) is 53.6 Å². The monoisotopic (exact) mass is 158 g/mol. The van der Waals surface area contributed by atoms with Gasteiger partial charge in [0.1, 0.15) is 0 Å². The van der Waals surface area contributed by atoms with E-state index in [0.717, 1.165) is 6.42 Å². The lowest BCUT2D eigenvalue weighted by Crippen LogP contribution is -2.25. The Hall–Kier alpha value is -0.0400. The SMILES string of the molecule is CCC(C)C(C)(C)CC(C)O. The van der Waals surface area contributed by atoms with Gasteiger partial charge in [0.25, 0.3) is 0 Å². The summed E-state index contributed by atoms with van der Waals surface area (Å²) in [5, 5.41) is 9.23. The molecule has 0 heterocycles. The molecular formula is C10H22O. The number of aliphatic hydroxyl groups excluding tert-OH is 1. The third kappa shape index (κ3) is 3.76. The van der Waals surface area contributed by atoms with Gasteiger partial charge in [-0.1, -0.05) is 34.1 Å². The van der Waals surface area contributed by atoms with E-state index in [2.05, 4.69) is 27.7 Å². The molecule has 0 saturated carbocycles. The fourth-order valence-electron chi connectivity index (χ4n) is 1.52. The first-order valence-electron chi connectivity index (χ1n) is 4.58. The Labute approximate surface area is 70.8 Å². The van der Waals surface area contributed by atoms with E-state index in [4.69, 9.17) is 0 Å². The van der Waals surface area contributed by atoms with E-state index < -0.39 is 0 Å². The second-order valence-corrected chi connectivity index (χ2v) is 4.35. The summed E-state index contributed by atoms with van der Waals surface area (Å²) >= 11 is 0. The molecule has 0 bridgehead atoms. The van der Waals surface area contributed by atoms with Crippen molar-refractivity contribution in [3.8, 4) is 0 Å². The maximum absolute atomic E-state index is 9.23. The largest absolute Gasteiger partial charge is 0.393 e. The van der Waals surface area contributed by atoms with Crippen LogP contribution in [0.25, 0.3) is 0 Å². The van der Waals surface area contributed by atoms with Crippen LogP contribution in [0, 0.1) is 11.3 Å². The molecule has 0 fully saturated rings. The van der Waals surface area contributed by atoms with Crippen molar-refractivity contribution in [1.29, 1.82) is 0 Å². The minimum absolute atomic E-state index is 0.168. The van der Waals surface area contributed by atoms with Crippen LogP contribution >= 0.6 is 0 Å². The van der Waals surface area contributed by atoms with E-state index in [1.807, 2.05) is 6.92 Å².